The summed E-state index contributed by atoms with van der Waals surface area (Å²) in [6.07, 6.45) is 9.41. The SMILES string of the molecule is CSC(N)=NC12CC(n3cnc(C)c3)(C1)C2. The van der Waals surface area contributed by atoms with Crippen LogP contribution in [-0.2, 0) is 5.54 Å². The van der Waals surface area contributed by atoms with Gasteiger partial charge in [-0.05, 0) is 32.4 Å². The van der Waals surface area contributed by atoms with Crippen LogP contribution in [0.5, 0.6) is 0 Å². The molecular formula is C11H16N4S. The molecule has 0 amide bonds. The molecule has 4 rings (SSSR count). The summed E-state index contributed by atoms with van der Waals surface area (Å²) in [7, 11) is 0. The van der Waals surface area contributed by atoms with Gasteiger partial charge in [0.25, 0.3) is 0 Å². The van der Waals surface area contributed by atoms with Crippen LogP contribution in [0.4, 0.5) is 0 Å². The minimum Gasteiger partial charge on any atom is -0.379 e. The van der Waals surface area contributed by atoms with Gasteiger partial charge in [-0.2, -0.15) is 0 Å². The van der Waals surface area contributed by atoms with Crippen LogP contribution in [0.15, 0.2) is 17.5 Å². The lowest BCUT2D eigenvalue weighted by atomic mass is 9.44. The van der Waals surface area contributed by atoms with E-state index < -0.39 is 0 Å². The van der Waals surface area contributed by atoms with Gasteiger partial charge in [-0.25, -0.2) is 4.98 Å². The van der Waals surface area contributed by atoms with E-state index >= 15 is 0 Å². The summed E-state index contributed by atoms with van der Waals surface area (Å²) in [5, 5.41) is 0.718. The Morgan fingerprint density at radius 3 is 2.75 bits per heavy atom. The number of aliphatic imine (C=N–C) groups is 1. The van der Waals surface area contributed by atoms with E-state index in [0.717, 1.165) is 30.1 Å². The molecule has 2 N–H and O–H groups in total. The minimum atomic E-state index is 0.158. The molecule has 3 fully saturated rings. The summed E-state index contributed by atoms with van der Waals surface area (Å²) in [6, 6.07) is 0. The first-order valence-corrected chi connectivity index (χ1v) is 6.70. The number of hydrogen-bond acceptors (Lipinski definition) is 3. The zero-order chi connectivity index (χ0) is 11.4. The first-order chi connectivity index (χ1) is 7.57. The standard InChI is InChI=1S/C11H16N4S/c1-8-3-15(7-13-8)11-4-10(5-11,6-11)14-9(12)16-2/h3,7H,4-6H2,1-2H3,(H2,12,14). The summed E-state index contributed by atoms with van der Waals surface area (Å²) in [5.74, 6) is 0. The number of hydrogen-bond donors (Lipinski definition) is 1. The number of amidine groups is 1. The van der Waals surface area contributed by atoms with E-state index in [9.17, 15) is 0 Å². The van der Waals surface area contributed by atoms with Gasteiger partial charge in [-0.1, -0.05) is 11.8 Å². The van der Waals surface area contributed by atoms with Gasteiger partial charge in [0.05, 0.1) is 23.1 Å². The molecule has 1 aromatic heterocycles. The van der Waals surface area contributed by atoms with E-state index in [2.05, 4.69) is 20.7 Å². The third-order valence-electron chi connectivity index (χ3n) is 3.79. The maximum absolute atomic E-state index is 5.77. The van der Waals surface area contributed by atoms with Gasteiger partial charge in [-0.15, -0.1) is 0 Å². The Morgan fingerprint density at radius 1 is 1.56 bits per heavy atom. The highest BCUT2D eigenvalue weighted by Crippen LogP contribution is 2.67. The van der Waals surface area contributed by atoms with E-state index in [4.69, 9.17) is 5.73 Å². The van der Waals surface area contributed by atoms with Gasteiger partial charge in [-0.3, -0.25) is 4.99 Å². The van der Waals surface area contributed by atoms with Gasteiger partial charge in [0, 0.05) is 6.20 Å². The second-order valence-electron chi connectivity index (χ2n) is 5.06. The van der Waals surface area contributed by atoms with Crippen LogP contribution in [0, 0.1) is 6.92 Å². The molecular weight excluding hydrogens is 220 g/mol. The molecule has 16 heavy (non-hydrogen) atoms. The van der Waals surface area contributed by atoms with Crippen molar-refractivity contribution in [3.63, 3.8) is 0 Å². The van der Waals surface area contributed by atoms with Gasteiger partial charge >= 0.3 is 0 Å². The maximum atomic E-state index is 5.77. The topological polar surface area (TPSA) is 56.2 Å². The zero-order valence-electron chi connectivity index (χ0n) is 9.60. The highest BCUT2D eigenvalue weighted by molar-refractivity contribution is 8.13. The molecule has 0 saturated heterocycles. The molecule has 0 spiro atoms. The number of thioether (sulfide) groups is 1. The van der Waals surface area contributed by atoms with Crippen molar-refractivity contribution in [3.8, 4) is 0 Å². The van der Waals surface area contributed by atoms with E-state index in [-0.39, 0.29) is 5.54 Å². The van der Waals surface area contributed by atoms with Crippen LogP contribution >= 0.6 is 11.8 Å². The summed E-state index contributed by atoms with van der Waals surface area (Å²) in [4.78, 5) is 8.89. The van der Waals surface area contributed by atoms with Gasteiger partial charge in [0.2, 0.25) is 0 Å². The summed E-state index contributed by atoms with van der Waals surface area (Å²) in [6.45, 7) is 2.03. The van der Waals surface area contributed by atoms with Crippen LogP contribution in [0.3, 0.4) is 0 Å². The van der Waals surface area contributed by atoms with E-state index in [1.807, 2.05) is 19.5 Å². The van der Waals surface area contributed by atoms with Crippen molar-refractivity contribution in [1.29, 1.82) is 0 Å². The summed E-state index contributed by atoms with van der Waals surface area (Å²) >= 11 is 1.53. The third kappa shape index (κ3) is 1.24. The molecule has 0 aromatic carbocycles. The van der Waals surface area contributed by atoms with Crippen molar-refractivity contribution in [2.24, 2.45) is 10.7 Å². The van der Waals surface area contributed by atoms with Crippen molar-refractivity contribution >= 4 is 16.9 Å². The van der Waals surface area contributed by atoms with E-state index in [1.165, 1.54) is 11.8 Å². The van der Waals surface area contributed by atoms with Crippen LogP contribution in [-0.4, -0.2) is 26.5 Å². The molecule has 0 unspecified atom stereocenters. The normalized spacial score (nSPS) is 36.8. The molecule has 0 radical (unpaired) electrons. The Morgan fingerprint density at radius 2 is 2.25 bits per heavy atom. The summed E-state index contributed by atoms with van der Waals surface area (Å²) in [5.41, 5.74) is 7.33. The molecule has 3 saturated carbocycles. The molecule has 3 aliphatic rings. The lowest BCUT2D eigenvalue weighted by molar-refractivity contribution is -0.112. The molecule has 4 nitrogen and oxygen atoms in total. The predicted molar refractivity (Wildman–Crippen MR) is 66.7 cm³/mol. The van der Waals surface area contributed by atoms with Gasteiger partial charge in [0.15, 0.2) is 5.17 Å². The average molecular weight is 236 g/mol. The second-order valence-corrected chi connectivity index (χ2v) is 5.88. The number of imidazole rings is 1. The van der Waals surface area contributed by atoms with Gasteiger partial charge in [0.1, 0.15) is 0 Å². The first-order valence-electron chi connectivity index (χ1n) is 5.48. The molecule has 2 bridgehead atoms. The Hall–Kier alpha value is -0.970. The van der Waals surface area contributed by atoms with Crippen molar-refractivity contribution in [2.45, 2.75) is 37.3 Å². The second kappa shape index (κ2) is 3.03. The van der Waals surface area contributed by atoms with E-state index in [0.29, 0.717) is 5.54 Å². The van der Waals surface area contributed by atoms with Crippen molar-refractivity contribution < 1.29 is 0 Å². The maximum Gasteiger partial charge on any atom is 0.154 e. The third-order valence-corrected chi connectivity index (χ3v) is 4.30. The molecule has 0 aliphatic heterocycles. The predicted octanol–water partition coefficient (Wildman–Crippen LogP) is 1.50. The fourth-order valence-electron chi connectivity index (χ4n) is 3.03. The molecule has 1 heterocycles. The molecule has 5 heteroatoms. The van der Waals surface area contributed by atoms with Crippen molar-refractivity contribution in [3.05, 3.63) is 18.2 Å². The Kier molecular flexibility index (Phi) is 1.93. The fraction of sp³-hybridized carbons (Fsp3) is 0.636. The average Bonchev–Trinajstić information content (AvgIpc) is 2.55. The van der Waals surface area contributed by atoms with Crippen LogP contribution < -0.4 is 5.73 Å². The van der Waals surface area contributed by atoms with Crippen LogP contribution in [0.1, 0.15) is 25.0 Å². The quantitative estimate of drug-likeness (QED) is 0.625. The van der Waals surface area contributed by atoms with Gasteiger partial charge < -0.3 is 10.3 Å². The zero-order valence-corrected chi connectivity index (χ0v) is 10.4. The molecule has 1 aromatic rings. The number of rotatable bonds is 2. The number of nitrogens with zero attached hydrogens (tertiary/aromatic N) is 3. The lowest BCUT2D eigenvalue weighted by Gasteiger charge is -2.68. The number of nitrogens with two attached hydrogens (primary N) is 1. The van der Waals surface area contributed by atoms with Crippen molar-refractivity contribution in [1.82, 2.24) is 9.55 Å². The molecule has 3 aliphatic carbocycles. The smallest absolute Gasteiger partial charge is 0.154 e. The van der Waals surface area contributed by atoms with Crippen LogP contribution in [0.2, 0.25) is 0 Å². The minimum absolute atomic E-state index is 0.158. The van der Waals surface area contributed by atoms with E-state index in [1.54, 1.807) is 0 Å². The molecule has 0 atom stereocenters. The number of aryl methyl sites for hydroxylation is 1. The van der Waals surface area contributed by atoms with Crippen LogP contribution in [0.25, 0.3) is 0 Å². The Bertz CT molecular complexity index is 443. The highest BCUT2D eigenvalue weighted by Gasteiger charge is 2.69. The monoisotopic (exact) mass is 236 g/mol. The highest BCUT2D eigenvalue weighted by atomic mass is 32.2. The Labute approximate surface area is 99.3 Å². The van der Waals surface area contributed by atoms with Crippen molar-refractivity contribution in [2.75, 3.05) is 6.26 Å². The molecule has 86 valence electrons. The first kappa shape index (κ1) is 10.2. The number of aromatic nitrogens is 2. The fourth-order valence-corrected chi connectivity index (χ4v) is 3.32. The summed E-state index contributed by atoms with van der Waals surface area (Å²) < 4.78 is 2.26. The Balaban J connectivity index is 1.74. The lowest BCUT2D eigenvalue weighted by Crippen LogP contribution is -2.71. The largest absolute Gasteiger partial charge is 0.379 e.